The minimum atomic E-state index is 1.16. The molecular weight excluding hydrogens is 709 g/mol. The third kappa shape index (κ3) is 4.96. The van der Waals surface area contributed by atoms with E-state index < -0.39 is 0 Å². The summed E-state index contributed by atoms with van der Waals surface area (Å²) in [6, 6.07) is 75.6. The third-order valence-corrected chi connectivity index (χ3v) is 12.9. The molecule has 0 spiro atoms. The van der Waals surface area contributed by atoms with Gasteiger partial charge in [-0.2, -0.15) is 0 Å². The highest BCUT2D eigenvalue weighted by molar-refractivity contribution is 7.26. The van der Waals surface area contributed by atoms with Crippen LogP contribution in [0.15, 0.2) is 206 Å². The molecule has 3 heteroatoms. The maximum Gasteiger partial charge on any atom is 0.0619 e. The van der Waals surface area contributed by atoms with Gasteiger partial charge in [0.1, 0.15) is 0 Å². The summed E-state index contributed by atoms with van der Waals surface area (Å²) in [5, 5.41) is 7.60. The molecule has 0 N–H and O–H groups in total. The molecule has 0 saturated carbocycles. The molecule has 0 aliphatic carbocycles. The van der Waals surface area contributed by atoms with E-state index in [-0.39, 0.29) is 0 Å². The molecule has 12 aromatic rings. The highest BCUT2D eigenvalue weighted by Gasteiger charge is 2.20. The molecule has 57 heavy (non-hydrogen) atoms. The van der Waals surface area contributed by atoms with Gasteiger partial charge in [0, 0.05) is 64.2 Å². The fraction of sp³-hybridized carbons (Fsp3) is 0. The number of rotatable bonds is 5. The van der Waals surface area contributed by atoms with Gasteiger partial charge < -0.3 is 9.13 Å². The summed E-state index contributed by atoms with van der Waals surface area (Å²) in [4.78, 5) is 0. The molecular formula is C54H34N2S. The lowest BCUT2D eigenvalue weighted by atomic mass is 9.98. The average Bonchev–Trinajstić information content (AvgIpc) is 3.94. The van der Waals surface area contributed by atoms with E-state index in [2.05, 4.69) is 215 Å². The van der Waals surface area contributed by atoms with Crippen LogP contribution >= 0.6 is 11.3 Å². The van der Waals surface area contributed by atoms with Crippen LogP contribution in [0.25, 0.3) is 109 Å². The summed E-state index contributed by atoms with van der Waals surface area (Å²) in [6.07, 6.45) is 0. The van der Waals surface area contributed by atoms with Crippen molar-refractivity contribution >= 4 is 75.1 Å². The normalized spacial score (nSPS) is 11.9. The molecule has 266 valence electrons. The monoisotopic (exact) mass is 742 g/mol. The molecule has 0 saturated heterocycles. The molecule has 0 atom stereocenters. The van der Waals surface area contributed by atoms with Gasteiger partial charge in [0.25, 0.3) is 0 Å². The highest BCUT2D eigenvalue weighted by Crippen LogP contribution is 2.45. The Kier molecular flexibility index (Phi) is 7.13. The first kappa shape index (κ1) is 32.1. The van der Waals surface area contributed by atoms with Crippen molar-refractivity contribution in [2.75, 3.05) is 0 Å². The smallest absolute Gasteiger partial charge is 0.0619 e. The van der Waals surface area contributed by atoms with Gasteiger partial charge >= 0.3 is 0 Å². The number of aromatic nitrogens is 2. The van der Waals surface area contributed by atoms with E-state index >= 15 is 0 Å². The van der Waals surface area contributed by atoms with Crippen LogP contribution in [0.5, 0.6) is 0 Å². The Morgan fingerprint density at radius 1 is 0.298 bits per heavy atom. The number of benzene rings is 9. The second-order valence-electron chi connectivity index (χ2n) is 14.9. The van der Waals surface area contributed by atoms with Gasteiger partial charge in [-0.3, -0.25) is 0 Å². The second-order valence-corrected chi connectivity index (χ2v) is 15.9. The zero-order chi connectivity index (χ0) is 37.5. The summed E-state index contributed by atoms with van der Waals surface area (Å²) >= 11 is 1.89. The maximum atomic E-state index is 2.48. The molecule has 0 bridgehead atoms. The SMILES string of the molecule is c1ccc(-c2ccc(-c3cc(-n4c5ccccc5c5cc(-c6cccc7c8ccccc8n(-c8ccccc8)c67)ccc54)cc4c3sc3ccccc34)cc2)cc1. The van der Waals surface area contributed by atoms with Crippen molar-refractivity contribution in [3.63, 3.8) is 0 Å². The van der Waals surface area contributed by atoms with Crippen molar-refractivity contribution < 1.29 is 0 Å². The topological polar surface area (TPSA) is 9.86 Å². The van der Waals surface area contributed by atoms with Crippen LogP contribution in [0.2, 0.25) is 0 Å². The standard InChI is InChI=1S/C54H34N2S/c1-3-14-35(15-4-1)36-26-28-37(29-27-36)46-33-40(34-48-44-20-9-12-25-52(44)57-54(46)48)55-49-23-10-8-19-43(49)47-32-38(30-31-51(47)55)41-21-13-22-45-42-18-7-11-24-50(42)56(53(41)45)39-16-5-2-6-17-39/h1-34H. The molecule has 0 unspecified atom stereocenters. The lowest BCUT2D eigenvalue weighted by molar-refractivity contribution is 1.18. The predicted molar refractivity (Wildman–Crippen MR) is 244 cm³/mol. The van der Waals surface area contributed by atoms with Crippen LogP contribution in [0.1, 0.15) is 0 Å². The van der Waals surface area contributed by atoms with E-state index in [9.17, 15) is 0 Å². The molecule has 0 fully saturated rings. The molecule has 0 aliphatic rings. The van der Waals surface area contributed by atoms with Crippen LogP contribution in [-0.4, -0.2) is 9.13 Å². The van der Waals surface area contributed by atoms with Crippen LogP contribution in [-0.2, 0) is 0 Å². The first-order valence-corrected chi connectivity index (χ1v) is 20.3. The third-order valence-electron chi connectivity index (χ3n) is 11.7. The molecule has 12 rings (SSSR count). The number of hydrogen-bond acceptors (Lipinski definition) is 1. The number of fused-ring (bicyclic) bond motifs is 9. The fourth-order valence-electron chi connectivity index (χ4n) is 9.14. The summed E-state index contributed by atoms with van der Waals surface area (Å²) in [5.41, 5.74) is 14.5. The Hall–Kier alpha value is -7.20. The Bertz CT molecular complexity index is 3490. The van der Waals surface area contributed by atoms with Crippen LogP contribution in [0, 0.1) is 0 Å². The molecule has 3 aromatic heterocycles. The Labute approximate surface area is 333 Å². The Morgan fingerprint density at radius 2 is 0.877 bits per heavy atom. The molecule has 2 nitrogen and oxygen atoms in total. The van der Waals surface area contributed by atoms with Crippen molar-refractivity contribution in [3.05, 3.63) is 206 Å². The summed E-state index contributed by atoms with van der Waals surface area (Å²) < 4.78 is 7.53. The lowest BCUT2D eigenvalue weighted by Gasteiger charge is -2.14. The maximum absolute atomic E-state index is 2.48. The predicted octanol–water partition coefficient (Wildman–Crippen LogP) is 15.2. The fourth-order valence-corrected chi connectivity index (χ4v) is 10.4. The summed E-state index contributed by atoms with van der Waals surface area (Å²) in [6.45, 7) is 0. The van der Waals surface area contributed by atoms with Crippen molar-refractivity contribution in [1.29, 1.82) is 0 Å². The van der Waals surface area contributed by atoms with E-state index in [1.807, 2.05) is 11.3 Å². The van der Waals surface area contributed by atoms with Crippen molar-refractivity contribution in [1.82, 2.24) is 9.13 Å². The highest BCUT2D eigenvalue weighted by atomic mass is 32.1. The van der Waals surface area contributed by atoms with Crippen LogP contribution in [0.4, 0.5) is 0 Å². The second kappa shape index (κ2) is 12.7. The lowest BCUT2D eigenvalue weighted by Crippen LogP contribution is -1.96. The zero-order valence-electron chi connectivity index (χ0n) is 30.9. The molecule has 9 aromatic carbocycles. The van der Waals surface area contributed by atoms with Gasteiger partial charge in [-0.15, -0.1) is 11.3 Å². The Balaban J connectivity index is 1.09. The molecule has 0 aliphatic heterocycles. The van der Waals surface area contributed by atoms with Gasteiger partial charge in [-0.05, 0) is 76.9 Å². The summed E-state index contributed by atoms with van der Waals surface area (Å²) in [5.74, 6) is 0. The van der Waals surface area contributed by atoms with Gasteiger partial charge in [-0.25, -0.2) is 0 Å². The number of para-hydroxylation sites is 4. The van der Waals surface area contributed by atoms with Crippen LogP contribution < -0.4 is 0 Å². The average molecular weight is 743 g/mol. The Morgan fingerprint density at radius 3 is 1.67 bits per heavy atom. The molecule has 3 heterocycles. The molecule has 0 radical (unpaired) electrons. The van der Waals surface area contributed by atoms with Crippen molar-refractivity contribution in [2.45, 2.75) is 0 Å². The van der Waals surface area contributed by atoms with E-state index in [1.165, 1.54) is 103 Å². The van der Waals surface area contributed by atoms with E-state index in [1.54, 1.807) is 0 Å². The first-order valence-electron chi connectivity index (χ1n) is 19.5. The van der Waals surface area contributed by atoms with Gasteiger partial charge in [0.05, 0.1) is 22.1 Å². The number of nitrogens with zero attached hydrogens (tertiary/aromatic N) is 2. The summed E-state index contributed by atoms with van der Waals surface area (Å²) in [7, 11) is 0. The quantitative estimate of drug-likeness (QED) is 0.166. The number of hydrogen-bond donors (Lipinski definition) is 0. The zero-order valence-corrected chi connectivity index (χ0v) is 31.7. The molecule has 0 amide bonds. The number of thiophene rings is 1. The van der Waals surface area contributed by atoms with Gasteiger partial charge in [-0.1, -0.05) is 152 Å². The van der Waals surface area contributed by atoms with E-state index in [0.29, 0.717) is 0 Å². The van der Waals surface area contributed by atoms with Gasteiger partial charge in [0.15, 0.2) is 0 Å². The largest absolute Gasteiger partial charge is 0.309 e. The van der Waals surface area contributed by atoms with E-state index in [4.69, 9.17) is 0 Å². The van der Waals surface area contributed by atoms with E-state index in [0.717, 1.165) is 5.69 Å². The van der Waals surface area contributed by atoms with Gasteiger partial charge in [0.2, 0.25) is 0 Å². The minimum Gasteiger partial charge on any atom is -0.309 e. The first-order chi connectivity index (χ1) is 28.3. The van der Waals surface area contributed by atoms with Crippen molar-refractivity contribution in [3.8, 4) is 44.8 Å². The van der Waals surface area contributed by atoms with Crippen molar-refractivity contribution in [2.24, 2.45) is 0 Å². The minimum absolute atomic E-state index is 1.16. The van der Waals surface area contributed by atoms with Crippen LogP contribution in [0.3, 0.4) is 0 Å².